The van der Waals surface area contributed by atoms with Gasteiger partial charge in [-0.1, -0.05) is 20.3 Å². The molecule has 0 fully saturated rings. The standard InChI is InChI=1S/C12H21NO/c1-4-6-9-13(5-2)10-12-8-7-11(3)14-12/h7-8H,4-6,9-10H2,1-3H3. The molecule has 0 spiro atoms. The Labute approximate surface area is 86.9 Å². The molecule has 0 aliphatic heterocycles. The third-order valence-corrected chi connectivity index (χ3v) is 2.45. The van der Waals surface area contributed by atoms with Crippen molar-refractivity contribution in [1.29, 1.82) is 0 Å². The van der Waals surface area contributed by atoms with Crippen LogP contribution in [0.2, 0.25) is 0 Å². The second-order valence-electron chi connectivity index (χ2n) is 3.73. The molecule has 14 heavy (non-hydrogen) atoms. The highest BCUT2D eigenvalue weighted by molar-refractivity contribution is 5.05. The van der Waals surface area contributed by atoms with Crippen molar-refractivity contribution in [2.24, 2.45) is 0 Å². The summed E-state index contributed by atoms with van der Waals surface area (Å²) in [4.78, 5) is 2.42. The van der Waals surface area contributed by atoms with Gasteiger partial charge in [0.2, 0.25) is 0 Å². The average molecular weight is 195 g/mol. The monoisotopic (exact) mass is 195 g/mol. The predicted molar refractivity (Wildman–Crippen MR) is 59.3 cm³/mol. The number of furan rings is 1. The first-order valence-electron chi connectivity index (χ1n) is 5.54. The Hall–Kier alpha value is -0.760. The first kappa shape index (κ1) is 11.3. The molecule has 1 aromatic rings. The van der Waals surface area contributed by atoms with Crippen LogP contribution in [0.3, 0.4) is 0 Å². The van der Waals surface area contributed by atoms with Crippen molar-refractivity contribution >= 4 is 0 Å². The lowest BCUT2D eigenvalue weighted by atomic mass is 10.3. The van der Waals surface area contributed by atoms with E-state index in [0.717, 1.165) is 24.6 Å². The van der Waals surface area contributed by atoms with Crippen molar-refractivity contribution < 1.29 is 4.42 Å². The zero-order valence-electron chi connectivity index (χ0n) is 9.55. The minimum absolute atomic E-state index is 0.949. The summed E-state index contributed by atoms with van der Waals surface area (Å²) in [5, 5.41) is 0. The van der Waals surface area contributed by atoms with Crippen LogP contribution < -0.4 is 0 Å². The van der Waals surface area contributed by atoms with Crippen molar-refractivity contribution in [3.05, 3.63) is 23.7 Å². The molecule has 0 unspecified atom stereocenters. The number of hydrogen-bond acceptors (Lipinski definition) is 2. The highest BCUT2D eigenvalue weighted by atomic mass is 16.3. The lowest BCUT2D eigenvalue weighted by Gasteiger charge is -2.18. The Kier molecular flexibility index (Phi) is 4.74. The quantitative estimate of drug-likeness (QED) is 0.693. The van der Waals surface area contributed by atoms with Gasteiger partial charge in [0.1, 0.15) is 11.5 Å². The molecule has 1 aromatic heterocycles. The minimum Gasteiger partial charge on any atom is -0.465 e. The van der Waals surface area contributed by atoms with Crippen LogP contribution in [0.1, 0.15) is 38.2 Å². The molecular formula is C12H21NO. The number of nitrogens with zero attached hydrogens (tertiary/aromatic N) is 1. The average Bonchev–Trinajstić information content (AvgIpc) is 2.58. The maximum absolute atomic E-state index is 5.55. The number of rotatable bonds is 6. The molecule has 80 valence electrons. The van der Waals surface area contributed by atoms with Crippen LogP contribution in [0.15, 0.2) is 16.5 Å². The molecule has 0 aromatic carbocycles. The molecule has 0 atom stereocenters. The summed E-state index contributed by atoms with van der Waals surface area (Å²) >= 11 is 0. The van der Waals surface area contributed by atoms with E-state index in [0.29, 0.717) is 0 Å². The molecule has 0 saturated carbocycles. The van der Waals surface area contributed by atoms with Crippen molar-refractivity contribution in [1.82, 2.24) is 4.90 Å². The summed E-state index contributed by atoms with van der Waals surface area (Å²) in [6.45, 7) is 9.64. The largest absolute Gasteiger partial charge is 0.465 e. The first-order valence-corrected chi connectivity index (χ1v) is 5.54. The van der Waals surface area contributed by atoms with Crippen molar-refractivity contribution in [3.63, 3.8) is 0 Å². The molecule has 1 rings (SSSR count). The third kappa shape index (κ3) is 3.54. The van der Waals surface area contributed by atoms with Gasteiger partial charge in [-0.2, -0.15) is 0 Å². The van der Waals surface area contributed by atoms with Gasteiger partial charge in [-0.05, 0) is 38.6 Å². The number of hydrogen-bond donors (Lipinski definition) is 0. The lowest BCUT2D eigenvalue weighted by molar-refractivity contribution is 0.250. The Balaban J connectivity index is 2.40. The second kappa shape index (κ2) is 5.86. The molecule has 0 saturated heterocycles. The van der Waals surface area contributed by atoms with E-state index in [1.165, 1.54) is 19.4 Å². The Bertz CT molecular complexity index is 255. The van der Waals surface area contributed by atoms with Gasteiger partial charge in [-0.25, -0.2) is 0 Å². The number of aryl methyl sites for hydroxylation is 1. The van der Waals surface area contributed by atoms with Gasteiger partial charge >= 0.3 is 0 Å². The molecule has 0 bridgehead atoms. The highest BCUT2D eigenvalue weighted by Gasteiger charge is 2.05. The molecule has 0 aliphatic rings. The van der Waals surface area contributed by atoms with Gasteiger partial charge in [0.15, 0.2) is 0 Å². The lowest BCUT2D eigenvalue weighted by Crippen LogP contribution is -2.23. The summed E-state index contributed by atoms with van der Waals surface area (Å²) in [7, 11) is 0. The van der Waals surface area contributed by atoms with Gasteiger partial charge in [0, 0.05) is 0 Å². The SMILES string of the molecule is CCCCN(CC)Cc1ccc(C)o1. The van der Waals surface area contributed by atoms with Crippen LogP contribution >= 0.6 is 0 Å². The zero-order chi connectivity index (χ0) is 10.4. The summed E-state index contributed by atoms with van der Waals surface area (Å²) < 4.78 is 5.55. The fraction of sp³-hybridized carbons (Fsp3) is 0.667. The molecule has 2 heteroatoms. The molecule has 0 N–H and O–H groups in total. The minimum atomic E-state index is 0.949. The molecule has 2 nitrogen and oxygen atoms in total. The van der Waals surface area contributed by atoms with Crippen molar-refractivity contribution in [3.8, 4) is 0 Å². The van der Waals surface area contributed by atoms with Gasteiger partial charge in [-0.15, -0.1) is 0 Å². The fourth-order valence-corrected chi connectivity index (χ4v) is 1.52. The molecule has 1 heterocycles. The molecule has 0 radical (unpaired) electrons. The van der Waals surface area contributed by atoms with Gasteiger partial charge in [0.05, 0.1) is 6.54 Å². The van der Waals surface area contributed by atoms with E-state index < -0.39 is 0 Å². The van der Waals surface area contributed by atoms with Crippen LogP contribution in [-0.2, 0) is 6.54 Å². The fourth-order valence-electron chi connectivity index (χ4n) is 1.52. The van der Waals surface area contributed by atoms with E-state index in [2.05, 4.69) is 24.8 Å². The van der Waals surface area contributed by atoms with Crippen molar-refractivity contribution in [2.45, 2.75) is 40.2 Å². The predicted octanol–water partition coefficient (Wildman–Crippen LogP) is 3.21. The summed E-state index contributed by atoms with van der Waals surface area (Å²) in [5.74, 6) is 2.09. The summed E-state index contributed by atoms with van der Waals surface area (Å²) in [6, 6.07) is 4.10. The van der Waals surface area contributed by atoms with Crippen LogP contribution in [-0.4, -0.2) is 18.0 Å². The van der Waals surface area contributed by atoms with Crippen molar-refractivity contribution in [2.75, 3.05) is 13.1 Å². The first-order chi connectivity index (χ1) is 6.76. The number of unbranched alkanes of at least 4 members (excludes halogenated alkanes) is 1. The van der Waals surface area contributed by atoms with Crippen LogP contribution in [0, 0.1) is 6.92 Å². The molecule has 0 amide bonds. The van der Waals surface area contributed by atoms with E-state index in [-0.39, 0.29) is 0 Å². The van der Waals surface area contributed by atoms with E-state index in [1.54, 1.807) is 0 Å². The van der Waals surface area contributed by atoms with Gasteiger partial charge < -0.3 is 4.42 Å². The Morgan fingerprint density at radius 3 is 2.57 bits per heavy atom. The van der Waals surface area contributed by atoms with Gasteiger partial charge in [0.25, 0.3) is 0 Å². The van der Waals surface area contributed by atoms with E-state index >= 15 is 0 Å². The second-order valence-corrected chi connectivity index (χ2v) is 3.73. The van der Waals surface area contributed by atoms with Crippen LogP contribution in [0.5, 0.6) is 0 Å². The summed E-state index contributed by atoms with van der Waals surface area (Å²) in [5.41, 5.74) is 0. The smallest absolute Gasteiger partial charge is 0.118 e. The molecular weight excluding hydrogens is 174 g/mol. The van der Waals surface area contributed by atoms with Gasteiger partial charge in [-0.3, -0.25) is 4.90 Å². The van der Waals surface area contributed by atoms with E-state index in [4.69, 9.17) is 4.42 Å². The Morgan fingerprint density at radius 1 is 1.29 bits per heavy atom. The van der Waals surface area contributed by atoms with Crippen LogP contribution in [0.25, 0.3) is 0 Å². The van der Waals surface area contributed by atoms with Crippen LogP contribution in [0.4, 0.5) is 0 Å². The normalized spacial score (nSPS) is 11.1. The maximum Gasteiger partial charge on any atom is 0.118 e. The van der Waals surface area contributed by atoms with E-state index in [9.17, 15) is 0 Å². The highest BCUT2D eigenvalue weighted by Crippen LogP contribution is 2.09. The maximum atomic E-state index is 5.55. The molecule has 0 aliphatic carbocycles. The zero-order valence-corrected chi connectivity index (χ0v) is 9.55. The Morgan fingerprint density at radius 2 is 2.07 bits per heavy atom. The topological polar surface area (TPSA) is 16.4 Å². The summed E-state index contributed by atoms with van der Waals surface area (Å²) in [6.07, 6.45) is 2.53. The van der Waals surface area contributed by atoms with E-state index in [1.807, 2.05) is 13.0 Å². The third-order valence-electron chi connectivity index (χ3n) is 2.45.